The van der Waals surface area contributed by atoms with Crippen LogP contribution in [0.2, 0.25) is 0 Å². The van der Waals surface area contributed by atoms with Gasteiger partial charge >= 0.3 is 0 Å². The van der Waals surface area contributed by atoms with E-state index >= 15 is 0 Å². The minimum Gasteiger partial charge on any atom is -0.334 e. The Labute approximate surface area is 92.4 Å². The summed E-state index contributed by atoms with van der Waals surface area (Å²) in [6.07, 6.45) is 2.39. The van der Waals surface area contributed by atoms with E-state index in [1.807, 2.05) is 24.3 Å². The predicted molar refractivity (Wildman–Crippen MR) is 58.6 cm³/mol. The fraction of sp³-hybridized carbons (Fsp3) is 0.364. The SMILES string of the molecule is O=C1CCCC(n2nnc3ccccc32)N1. The van der Waals surface area contributed by atoms with Crippen molar-refractivity contribution >= 4 is 16.9 Å². The van der Waals surface area contributed by atoms with E-state index in [4.69, 9.17) is 0 Å². The van der Waals surface area contributed by atoms with E-state index in [1.165, 1.54) is 0 Å². The number of aromatic nitrogens is 3. The molecule has 0 spiro atoms. The first-order valence-corrected chi connectivity index (χ1v) is 5.44. The summed E-state index contributed by atoms with van der Waals surface area (Å²) in [7, 11) is 0. The molecule has 1 aromatic carbocycles. The monoisotopic (exact) mass is 216 g/mol. The van der Waals surface area contributed by atoms with Gasteiger partial charge < -0.3 is 5.32 Å². The number of hydrogen-bond acceptors (Lipinski definition) is 3. The summed E-state index contributed by atoms with van der Waals surface area (Å²) in [6, 6.07) is 7.77. The van der Waals surface area contributed by atoms with Crippen LogP contribution < -0.4 is 5.32 Å². The first kappa shape index (κ1) is 9.33. The summed E-state index contributed by atoms with van der Waals surface area (Å²) < 4.78 is 1.80. The van der Waals surface area contributed by atoms with E-state index in [9.17, 15) is 4.79 Å². The zero-order valence-electron chi connectivity index (χ0n) is 8.76. The highest BCUT2D eigenvalue weighted by atomic mass is 16.1. The third kappa shape index (κ3) is 1.44. The highest BCUT2D eigenvalue weighted by Gasteiger charge is 2.21. The number of nitrogens with one attached hydrogen (secondary N) is 1. The lowest BCUT2D eigenvalue weighted by molar-refractivity contribution is -0.124. The zero-order valence-corrected chi connectivity index (χ0v) is 8.76. The average molecular weight is 216 g/mol. The molecular weight excluding hydrogens is 204 g/mol. The molecule has 1 atom stereocenters. The molecule has 1 unspecified atom stereocenters. The van der Waals surface area contributed by atoms with E-state index in [-0.39, 0.29) is 12.1 Å². The molecule has 5 heteroatoms. The fourth-order valence-electron chi connectivity index (χ4n) is 2.09. The summed E-state index contributed by atoms with van der Waals surface area (Å²) >= 11 is 0. The Kier molecular flexibility index (Phi) is 2.09. The molecule has 16 heavy (non-hydrogen) atoms. The number of piperidine rings is 1. The smallest absolute Gasteiger partial charge is 0.221 e. The Morgan fingerprint density at radius 1 is 1.38 bits per heavy atom. The summed E-state index contributed by atoms with van der Waals surface area (Å²) in [5.41, 5.74) is 1.83. The Morgan fingerprint density at radius 2 is 2.25 bits per heavy atom. The van der Waals surface area contributed by atoms with Gasteiger partial charge in [-0.2, -0.15) is 0 Å². The third-order valence-electron chi connectivity index (χ3n) is 2.88. The van der Waals surface area contributed by atoms with Crippen LogP contribution in [-0.2, 0) is 4.79 Å². The van der Waals surface area contributed by atoms with Crippen molar-refractivity contribution in [2.75, 3.05) is 0 Å². The molecule has 0 radical (unpaired) electrons. The van der Waals surface area contributed by atoms with E-state index < -0.39 is 0 Å². The summed E-state index contributed by atoms with van der Waals surface area (Å²) in [5, 5.41) is 11.1. The van der Waals surface area contributed by atoms with Gasteiger partial charge in [-0.3, -0.25) is 4.79 Å². The van der Waals surface area contributed by atoms with Gasteiger partial charge in [-0.15, -0.1) is 5.10 Å². The van der Waals surface area contributed by atoms with Gasteiger partial charge in [0.05, 0.1) is 5.52 Å². The maximum absolute atomic E-state index is 11.3. The second-order valence-electron chi connectivity index (χ2n) is 4.00. The third-order valence-corrected chi connectivity index (χ3v) is 2.88. The molecule has 3 rings (SSSR count). The molecule has 1 aliphatic heterocycles. The van der Waals surface area contributed by atoms with Crippen LogP contribution in [0.15, 0.2) is 24.3 Å². The van der Waals surface area contributed by atoms with Crippen molar-refractivity contribution in [2.45, 2.75) is 25.4 Å². The maximum atomic E-state index is 11.3. The Hall–Kier alpha value is -1.91. The lowest BCUT2D eigenvalue weighted by atomic mass is 10.1. The second-order valence-corrected chi connectivity index (χ2v) is 4.00. The van der Waals surface area contributed by atoms with Crippen LogP contribution in [0.1, 0.15) is 25.4 Å². The number of carbonyl (C=O) groups excluding carboxylic acids is 1. The molecule has 1 N–H and O–H groups in total. The quantitative estimate of drug-likeness (QED) is 0.780. The Balaban J connectivity index is 2.02. The molecule has 2 aromatic rings. The number of benzene rings is 1. The van der Waals surface area contributed by atoms with Crippen molar-refractivity contribution in [3.63, 3.8) is 0 Å². The lowest BCUT2D eigenvalue weighted by Gasteiger charge is -2.23. The van der Waals surface area contributed by atoms with Crippen molar-refractivity contribution in [1.82, 2.24) is 20.3 Å². The number of para-hydroxylation sites is 1. The fourth-order valence-corrected chi connectivity index (χ4v) is 2.09. The molecule has 82 valence electrons. The van der Waals surface area contributed by atoms with E-state index in [0.29, 0.717) is 6.42 Å². The van der Waals surface area contributed by atoms with Crippen LogP contribution in [0.3, 0.4) is 0 Å². The number of carbonyl (C=O) groups is 1. The largest absolute Gasteiger partial charge is 0.334 e. The zero-order chi connectivity index (χ0) is 11.0. The normalized spacial score (nSPS) is 21.0. The molecule has 1 saturated heterocycles. The first-order chi connectivity index (χ1) is 7.84. The van der Waals surface area contributed by atoms with Gasteiger partial charge in [-0.25, -0.2) is 4.68 Å². The van der Waals surface area contributed by atoms with Crippen molar-refractivity contribution in [1.29, 1.82) is 0 Å². The number of nitrogens with zero attached hydrogens (tertiary/aromatic N) is 3. The van der Waals surface area contributed by atoms with Crippen LogP contribution in [-0.4, -0.2) is 20.9 Å². The Morgan fingerprint density at radius 3 is 3.12 bits per heavy atom. The maximum Gasteiger partial charge on any atom is 0.221 e. The van der Waals surface area contributed by atoms with Crippen molar-refractivity contribution in [3.8, 4) is 0 Å². The molecule has 5 nitrogen and oxygen atoms in total. The molecule has 1 fully saturated rings. The van der Waals surface area contributed by atoms with Crippen LogP contribution in [0, 0.1) is 0 Å². The van der Waals surface area contributed by atoms with Crippen molar-refractivity contribution < 1.29 is 4.79 Å². The van der Waals surface area contributed by atoms with E-state index in [1.54, 1.807) is 4.68 Å². The molecule has 0 saturated carbocycles. The van der Waals surface area contributed by atoms with Gasteiger partial charge in [0.2, 0.25) is 5.91 Å². The standard InChI is InChI=1S/C11H12N4O/c16-11-7-3-6-10(12-11)15-9-5-2-1-4-8(9)13-14-15/h1-2,4-5,10H,3,6-7H2,(H,12,16). The summed E-state index contributed by atoms with van der Waals surface area (Å²) in [6.45, 7) is 0. The molecule has 1 aliphatic rings. The minimum atomic E-state index is -0.0475. The van der Waals surface area contributed by atoms with Crippen LogP contribution in [0.4, 0.5) is 0 Å². The van der Waals surface area contributed by atoms with E-state index in [2.05, 4.69) is 15.6 Å². The lowest BCUT2D eigenvalue weighted by Crippen LogP contribution is -2.36. The topological polar surface area (TPSA) is 59.8 Å². The number of fused-ring (bicyclic) bond motifs is 1. The van der Waals surface area contributed by atoms with Crippen LogP contribution >= 0.6 is 0 Å². The average Bonchev–Trinajstić information content (AvgIpc) is 2.72. The minimum absolute atomic E-state index is 0.0475. The van der Waals surface area contributed by atoms with E-state index in [0.717, 1.165) is 23.9 Å². The number of amides is 1. The Bertz CT molecular complexity index is 534. The molecular formula is C11H12N4O. The van der Waals surface area contributed by atoms with Gasteiger partial charge in [0.15, 0.2) is 0 Å². The highest BCUT2D eigenvalue weighted by Crippen LogP contribution is 2.20. The van der Waals surface area contributed by atoms with Crippen molar-refractivity contribution in [2.24, 2.45) is 0 Å². The van der Waals surface area contributed by atoms with Crippen LogP contribution in [0.5, 0.6) is 0 Å². The van der Waals surface area contributed by atoms with Gasteiger partial charge in [0.1, 0.15) is 11.7 Å². The molecule has 0 aliphatic carbocycles. The molecule has 2 heterocycles. The van der Waals surface area contributed by atoms with Crippen LogP contribution in [0.25, 0.3) is 11.0 Å². The molecule has 0 bridgehead atoms. The van der Waals surface area contributed by atoms with Gasteiger partial charge in [-0.1, -0.05) is 17.3 Å². The molecule has 1 amide bonds. The summed E-state index contributed by atoms with van der Waals surface area (Å²) in [4.78, 5) is 11.3. The van der Waals surface area contributed by atoms with Gasteiger partial charge in [0.25, 0.3) is 0 Å². The van der Waals surface area contributed by atoms with Gasteiger partial charge in [0, 0.05) is 6.42 Å². The second kappa shape index (κ2) is 3.59. The summed E-state index contributed by atoms with van der Waals surface area (Å²) in [5.74, 6) is 0.0934. The first-order valence-electron chi connectivity index (χ1n) is 5.44. The van der Waals surface area contributed by atoms with Gasteiger partial charge in [-0.05, 0) is 25.0 Å². The molecule has 1 aromatic heterocycles. The van der Waals surface area contributed by atoms with Crippen molar-refractivity contribution in [3.05, 3.63) is 24.3 Å². The number of rotatable bonds is 1. The number of hydrogen-bond donors (Lipinski definition) is 1. The predicted octanol–water partition coefficient (Wildman–Crippen LogP) is 1.23. The highest BCUT2D eigenvalue weighted by molar-refractivity contribution is 5.77.